The number of methoxy groups -OCH3 is 1. The molecule has 0 unspecified atom stereocenters. The van der Waals surface area contributed by atoms with Crippen LogP contribution >= 0.6 is 0 Å². The van der Waals surface area contributed by atoms with Crippen LogP contribution < -0.4 is 15.5 Å². The Balaban J connectivity index is 1.31. The van der Waals surface area contributed by atoms with Crippen LogP contribution in [-0.2, 0) is 9.53 Å². The molecule has 39 heavy (non-hydrogen) atoms. The molecule has 3 aliphatic rings. The molecule has 0 spiro atoms. The van der Waals surface area contributed by atoms with E-state index in [2.05, 4.69) is 45.4 Å². The zero-order valence-electron chi connectivity index (χ0n) is 22.9. The Labute approximate surface area is 231 Å². The summed E-state index contributed by atoms with van der Waals surface area (Å²) >= 11 is 0. The van der Waals surface area contributed by atoms with Gasteiger partial charge in [0.2, 0.25) is 5.91 Å². The van der Waals surface area contributed by atoms with Gasteiger partial charge in [-0.25, -0.2) is 0 Å². The average molecular weight is 530 g/mol. The van der Waals surface area contributed by atoms with Crippen LogP contribution in [0.4, 0.5) is 11.4 Å². The van der Waals surface area contributed by atoms with Crippen LogP contribution in [0.1, 0.15) is 54.1 Å². The summed E-state index contributed by atoms with van der Waals surface area (Å²) < 4.78 is 5.53. The highest BCUT2D eigenvalue weighted by atomic mass is 16.5. The van der Waals surface area contributed by atoms with Gasteiger partial charge >= 0.3 is 0 Å². The molecule has 2 fully saturated rings. The molecule has 2 amide bonds. The van der Waals surface area contributed by atoms with Crippen LogP contribution in [0.2, 0.25) is 0 Å². The van der Waals surface area contributed by atoms with Crippen molar-refractivity contribution in [2.24, 2.45) is 16.8 Å². The number of nitrogens with zero attached hydrogens (tertiary/aromatic N) is 3. The SMILES string of the molecule is C=N/C=C\N(C)c1ccc(C(=O)N[C@@H]2CCCC[C@@H]2C(=O)N2CC[C@@H]3[C@H](COC)Nc4ccccc4[C@@H]32)cc1. The maximum absolute atomic E-state index is 14.2. The highest BCUT2D eigenvalue weighted by Gasteiger charge is 2.48. The van der Waals surface area contributed by atoms with Crippen molar-refractivity contribution >= 4 is 29.9 Å². The smallest absolute Gasteiger partial charge is 0.251 e. The van der Waals surface area contributed by atoms with Crippen molar-refractivity contribution in [1.29, 1.82) is 0 Å². The maximum atomic E-state index is 14.2. The average Bonchev–Trinajstić information content (AvgIpc) is 3.42. The third kappa shape index (κ3) is 5.57. The number of aliphatic imine (C=N–C) groups is 1. The number of amides is 2. The molecule has 206 valence electrons. The molecule has 2 aliphatic heterocycles. The summed E-state index contributed by atoms with van der Waals surface area (Å²) in [6, 6.07) is 15.8. The number of rotatable bonds is 8. The summed E-state index contributed by atoms with van der Waals surface area (Å²) in [6.07, 6.45) is 7.99. The lowest BCUT2D eigenvalue weighted by Crippen LogP contribution is -2.50. The molecule has 5 atom stereocenters. The van der Waals surface area contributed by atoms with E-state index in [4.69, 9.17) is 4.74 Å². The zero-order chi connectivity index (χ0) is 27.4. The number of para-hydroxylation sites is 1. The Bertz CT molecular complexity index is 1210. The standard InChI is InChI=1S/C31H39N5O3/c1-32-17-19-35(2)22-14-12-21(13-15-22)30(37)34-27-11-7-5-9-25(27)31(38)36-18-16-24-28(20-39-3)33-26-10-6-4-8-23(26)29(24)36/h4,6,8,10,12-15,17,19,24-25,27-29,33H,1,5,7,9,11,16,18,20H2,2-3H3,(H,34,37)/b19-17-/t24-,25+,27-,28+,29+/m1/s1. The Kier molecular flexibility index (Phi) is 8.31. The molecule has 2 aromatic carbocycles. The number of hydrogen-bond donors (Lipinski definition) is 2. The number of likely N-dealkylation sites (tertiary alicyclic amines) is 1. The van der Waals surface area contributed by atoms with Crippen molar-refractivity contribution in [2.45, 2.75) is 50.2 Å². The monoisotopic (exact) mass is 529 g/mol. The molecule has 0 bridgehead atoms. The molecule has 8 nitrogen and oxygen atoms in total. The summed E-state index contributed by atoms with van der Waals surface area (Å²) in [5.74, 6) is 0.115. The largest absolute Gasteiger partial charge is 0.383 e. The van der Waals surface area contributed by atoms with Crippen molar-refractivity contribution in [3.05, 3.63) is 72.1 Å². The molecule has 2 aromatic rings. The molecule has 1 saturated carbocycles. The quantitative estimate of drug-likeness (QED) is 0.488. The molecular formula is C31H39N5O3. The highest BCUT2D eigenvalue weighted by molar-refractivity contribution is 5.95. The van der Waals surface area contributed by atoms with E-state index in [1.165, 1.54) is 5.56 Å². The van der Waals surface area contributed by atoms with E-state index in [1.54, 1.807) is 13.3 Å². The Morgan fingerprint density at radius 2 is 1.92 bits per heavy atom. The summed E-state index contributed by atoms with van der Waals surface area (Å²) in [6.45, 7) is 4.79. The van der Waals surface area contributed by atoms with Gasteiger partial charge in [0.1, 0.15) is 0 Å². The van der Waals surface area contributed by atoms with Crippen LogP contribution in [-0.4, -0.2) is 62.8 Å². The van der Waals surface area contributed by atoms with Gasteiger partial charge in [-0.15, -0.1) is 0 Å². The number of ether oxygens (including phenoxy) is 1. The van der Waals surface area contributed by atoms with Gasteiger partial charge in [0.15, 0.2) is 0 Å². The Morgan fingerprint density at radius 3 is 2.69 bits per heavy atom. The summed E-state index contributed by atoms with van der Waals surface area (Å²) in [4.78, 5) is 35.2. The first-order valence-electron chi connectivity index (χ1n) is 13.9. The Morgan fingerprint density at radius 1 is 1.15 bits per heavy atom. The first-order chi connectivity index (χ1) is 19.0. The number of carbonyl (C=O) groups is 2. The maximum Gasteiger partial charge on any atom is 0.251 e. The third-order valence-corrected chi connectivity index (χ3v) is 8.54. The molecule has 1 saturated heterocycles. The van der Waals surface area contributed by atoms with Gasteiger partial charge in [-0.05, 0) is 61.9 Å². The topological polar surface area (TPSA) is 86.3 Å². The molecule has 2 N–H and O–H groups in total. The van der Waals surface area contributed by atoms with Gasteiger partial charge in [-0.2, -0.15) is 0 Å². The van der Waals surface area contributed by atoms with Crippen molar-refractivity contribution in [3.63, 3.8) is 0 Å². The van der Waals surface area contributed by atoms with Gasteiger partial charge < -0.3 is 25.2 Å². The first kappa shape index (κ1) is 26.9. The predicted octanol–water partition coefficient (Wildman–Crippen LogP) is 4.61. The zero-order valence-corrected chi connectivity index (χ0v) is 22.9. The van der Waals surface area contributed by atoms with E-state index in [1.807, 2.05) is 48.5 Å². The molecule has 5 rings (SSSR count). The van der Waals surface area contributed by atoms with Gasteiger partial charge in [0.05, 0.1) is 24.6 Å². The fourth-order valence-corrected chi connectivity index (χ4v) is 6.57. The van der Waals surface area contributed by atoms with Crippen LogP contribution in [0.5, 0.6) is 0 Å². The number of carbonyl (C=O) groups excluding carboxylic acids is 2. The Hall–Kier alpha value is -3.65. The normalized spacial score (nSPS) is 25.9. The highest BCUT2D eigenvalue weighted by Crippen LogP contribution is 2.47. The molecular weight excluding hydrogens is 490 g/mol. The summed E-state index contributed by atoms with van der Waals surface area (Å²) in [5.41, 5.74) is 3.79. The second kappa shape index (κ2) is 12.0. The molecule has 1 aliphatic carbocycles. The van der Waals surface area contributed by atoms with E-state index in [0.29, 0.717) is 18.1 Å². The molecule has 8 heteroatoms. The summed E-state index contributed by atoms with van der Waals surface area (Å²) in [7, 11) is 3.64. The minimum atomic E-state index is -0.216. The van der Waals surface area contributed by atoms with E-state index in [9.17, 15) is 9.59 Å². The van der Waals surface area contributed by atoms with E-state index in [0.717, 1.165) is 50.0 Å². The minimum Gasteiger partial charge on any atom is -0.383 e. The lowest BCUT2D eigenvalue weighted by Gasteiger charge is -2.41. The van der Waals surface area contributed by atoms with E-state index < -0.39 is 0 Å². The van der Waals surface area contributed by atoms with Crippen LogP contribution in [0, 0.1) is 11.8 Å². The first-order valence-corrected chi connectivity index (χ1v) is 13.9. The van der Waals surface area contributed by atoms with Crippen LogP contribution in [0.3, 0.4) is 0 Å². The predicted molar refractivity (Wildman–Crippen MR) is 155 cm³/mol. The van der Waals surface area contributed by atoms with Crippen molar-refractivity contribution in [1.82, 2.24) is 10.2 Å². The van der Waals surface area contributed by atoms with E-state index in [-0.39, 0.29) is 35.9 Å². The van der Waals surface area contributed by atoms with Gasteiger partial charge in [0.25, 0.3) is 5.91 Å². The fraction of sp³-hybridized carbons (Fsp3) is 0.452. The second-order valence-electron chi connectivity index (χ2n) is 10.8. The van der Waals surface area contributed by atoms with Gasteiger partial charge in [-0.1, -0.05) is 31.0 Å². The van der Waals surface area contributed by atoms with Crippen LogP contribution in [0.25, 0.3) is 0 Å². The molecule has 0 aromatic heterocycles. The van der Waals surface area contributed by atoms with Crippen LogP contribution in [0.15, 0.2) is 65.9 Å². The fourth-order valence-electron chi connectivity index (χ4n) is 6.57. The van der Waals surface area contributed by atoms with Crippen molar-refractivity contribution < 1.29 is 14.3 Å². The van der Waals surface area contributed by atoms with Gasteiger partial charge in [0, 0.05) is 62.0 Å². The van der Waals surface area contributed by atoms with Crippen molar-refractivity contribution in [3.8, 4) is 0 Å². The molecule has 0 radical (unpaired) electrons. The van der Waals surface area contributed by atoms with Crippen molar-refractivity contribution in [2.75, 3.05) is 37.5 Å². The number of benzene rings is 2. The van der Waals surface area contributed by atoms with Gasteiger partial charge in [-0.3, -0.25) is 14.6 Å². The number of nitrogens with one attached hydrogen (secondary N) is 2. The number of anilines is 2. The second-order valence-corrected chi connectivity index (χ2v) is 10.8. The lowest BCUT2D eigenvalue weighted by atomic mass is 9.81. The summed E-state index contributed by atoms with van der Waals surface area (Å²) in [5, 5.41) is 6.87. The number of hydrogen-bond acceptors (Lipinski definition) is 6. The van der Waals surface area contributed by atoms with E-state index >= 15 is 0 Å². The number of fused-ring (bicyclic) bond motifs is 3. The minimum absolute atomic E-state index is 0.0308. The third-order valence-electron chi connectivity index (χ3n) is 8.54. The molecule has 2 heterocycles. The lowest BCUT2D eigenvalue weighted by molar-refractivity contribution is -0.139.